The van der Waals surface area contributed by atoms with E-state index in [0.717, 1.165) is 6.07 Å². The van der Waals surface area contributed by atoms with Gasteiger partial charge in [0.05, 0.1) is 27.3 Å². The summed E-state index contributed by atoms with van der Waals surface area (Å²) in [6.45, 7) is 9.07. The van der Waals surface area contributed by atoms with Crippen LogP contribution in [0.3, 0.4) is 0 Å². The maximum atomic E-state index is 12.9. The molecule has 0 aromatic heterocycles. The number of rotatable bonds is 5. The molecule has 0 saturated carbocycles. The van der Waals surface area contributed by atoms with Crippen LogP contribution in [0.15, 0.2) is 42.5 Å². The fraction of sp³-hybridized carbons (Fsp3) is 0.360. The zero-order valence-electron chi connectivity index (χ0n) is 21.3. The van der Waals surface area contributed by atoms with E-state index < -0.39 is 52.4 Å². The minimum Gasteiger partial charge on any atom is -0.443 e. The van der Waals surface area contributed by atoms with Crippen LogP contribution in [0, 0.1) is 10.1 Å². The normalized spacial score (nSPS) is 13.3. The summed E-state index contributed by atoms with van der Waals surface area (Å²) in [5, 5.41) is 12.4. The number of anilines is 1. The lowest BCUT2D eigenvalue weighted by molar-refractivity contribution is -0.386. The van der Waals surface area contributed by atoms with Gasteiger partial charge in [-0.2, -0.15) is 4.90 Å². The number of hydrogen-bond acceptors (Lipinski definition) is 9. The highest BCUT2D eigenvalue weighted by Crippen LogP contribution is 2.30. The molecule has 12 nitrogen and oxygen atoms in total. The van der Waals surface area contributed by atoms with Crippen LogP contribution in [-0.2, 0) is 20.9 Å². The van der Waals surface area contributed by atoms with E-state index in [2.05, 4.69) is 0 Å². The summed E-state index contributed by atoms with van der Waals surface area (Å²) in [7, 11) is 0. The van der Waals surface area contributed by atoms with E-state index in [1.165, 1.54) is 24.3 Å². The standard InChI is InChI=1S/C25H27N3O9/c1-24(2,3)36-22(31)26(23(32)37-25(4,5)6)16-12-11-15(19(13-16)28(33)34)14-35-27-20(29)17-9-7-8-10-18(17)21(27)30/h7-13H,14H2,1-6H3. The summed E-state index contributed by atoms with van der Waals surface area (Å²) < 4.78 is 10.6. The number of fused-ring (bicyclic) bond motifs is 1. The van der Waals surface area contributed by atoms with E-state index in [0.29, 0.717) is 9.96 Å². The Morgan fingerprint density at radius 2 is 1.38 bits per heavy atom. The van der Waals surface area contributed by atoms with Gasteiger partial charge >= 0.3 is 12.2 Å². The van der Waals surface area contributed by atoms with Crippen LogP contribution in [0.25, 0.3) is 0 Å². The molecule has 2 aromatic rings. The molecule has 0 unspecified atom stereocenters. The number of hydrogen-bond donors (Lipinski definition) is 0. The molecule has 0 bridgehead atoms. The highest BCUT2D eigenvalue weighted by molar-refractivity contribution is 6.20. The second kappa shape index (κ2) is 9.97. The van der Waals surface area contributed by atoms with E-state index >= 15 is 0 Å². The van der Waals surface area contributed by atoms with Crippen molar-refractivity contribution in [3.63, 3.8) is 0 Å². The average molecular weight is 514 g/mol. The first-order valence-electron chi connectivity index (χ1n) is 11.2. The zero-order valence-corrected chi connectivity index (χ0v) is 21.3. The fourth-order valence-electron chi connectivity index (χ4n) is 3.30. The van der Waals surface area contributed by atoms with Crippen molar-refractivity contribution in [2.45, 2.75) is 59.4 Å². The average Bonchev–Trinajstić information content (AvgIpc) is 3.00. The van der Waals surface area contributed by atoms with E-state index in [4.69, 9.17) is 14.3 Å². The maximum Gasteiger partial charge on any atom is 0.424 e. The topological polar surface area (TPSA) is 146 Å². The molecule has 3 rings (SSSR count). The highest BCUT2D eigenvalue weighted by Gasteiger charge is 2.37. The molecule has 0 saturated heterocycles. The van der Waals surface area contributed by atoms with E-state index in [1.807, 2.05) is 0 Å². The third-order valence-corrected chi connectivity index (χ3v) is 4.78. The minimum absolute atomic E-state index is 0.0152. The lowest BCUT2D eigenvalue weighted by atomic mass is 10.1. The zero-order chi connectivity index (χ0) is 27.7. The molecular formula is C25H27N3O9. The van der Waals surface area contributed by atoms with Crippen molar-refractivity contribution >= 4 is 35.4 Å². The van der Waals surface area contributed by atoms with Crippen LogP contribution < -0.4 is 4.90 Å². The number of hydroxylamine groups is 2. The summed E-state index contributed by atoms with van der Waals surface area (Å²) in [5.74, 6) is -1.39. The first kappa shape index (κ1) is 27.3. The number of nitro benzene ring substituents is 1. The van der Waals surface area contributed by atoms with Gasteiger partial charge in [-0.15, -0.1) is 5.06 Å². The number of amides is 4. The number of imide groups is 2. The van der Waals surface area contributed by atoms with Gasteiger partial charge in [0.25, 0.3) is 17.5 Å². The number of carbonyl (C=O) groups excluding carboxylic acids is 4. The van der Waals surface area contributed by atoms with Gasteiger partial charge in [-0.1, -0.05) is 12.1 Å². The second-order valence-corrected chi connectivity index (χ2v) is 10.1. The molecule has 0 aliphatic carbocycles. The van der Waals surface area contributed by atoms with Crippen LogP contribution in [0.4, 0.5) is 21.0 Å². The molecule has 0 N–H and O–H groups in total. The van der Waals surface area contributed by atoms with E-state index in [-0.39, 0.29) is 22.4 Å². The summed E-state index contributed by atoms with van der Waals surface area (Å²) in [4.78, 5) is 67.7. The molecule has 0 fully saturated rings. The summed E-state index contributed by atoms with van der Waals surface area (Å²) in [5.41, 5.74) is -2.35. The quantitative estimate of drug-likeness (QED) is 0.306. The predicted molar refractivity (Wildman–Crippen MR) is 130 cm³/mol. The monoisotopic (exact) mass is 513 g/mol. The van der Waals surface area contributed by atoms with Crippen molar-refractivity contribution in [3.05, 3.63) is 69.3 Å². The Morgan fingerprint density at radius 3 is 1.81 bits per heavy atom. The third kappa shape index (κ3) is 6.28. The van der Waals surface area contributed by atoms with Crippen LogP contribution in [0.5, 0.6) is 0 Å². The first-order chi connectivity index (χ1) is 17.1. The molecule has 0 atom stereocenters. The number of nitrogens with zero attached hydrogens (tertiary/aromatic N) is 3. The molecule has 1 heterocycles. The SMILES string of the molecule is CC(C)(C)OC(=O)N(C(=O)OC(C)(C)C)c1ccc(CON2C(=O)c3ccccc3C2=O)c([N+](=O)[O-])c1. The Kier molecular flexibility index (Phi) is 7.35. The Morgan fingerprint density at radius 1 is 0.892 bits per heavy atom. The molecule has 0 spiro atoms. The molecule has 37 heavy (non-hydrogen) atoms. The number of ether oxygens (including phenoxy) is 2. The molecule has 12 heteroatoms. The molecule has 196 valence electrons. The van der Waals surface area contributed by atoms with Crippen LogP contribution in [0.1, 0.15) is 67.8 Å². The third-order valence-electron chi connectivity index (χ3n) is 4.78. The molecule has 4 amide bonds. The van der Waals surface area contributed by atoms with Gasteiger partial charge in [-0.05, 0) is 65.8 Å². The largest absolute Gasteiger partial charge is 0.443 e. The molecule has 1 aliphatic rings. The Balaban J connectivity index is 1.91. The van der Waals surface area contributed by atoms with Gasteiger partial charge in [-0.3, -0.25) is 24.5 Å². The Labute approximate surface area is 212 Å². The number of carbonyl (C=O) groups is 4. The summed E-state index contributed by atoms with van der Waals surface area (Å²) >= 11 is 0. The van der Waals surface area contributed by atoms with Crippen molar-refractivity contribution in [2.24, 2.45) is 0 Å². The van der Waals surface area contributed by atoms with Crippen molar-refractivity contribution < 1.29 is 38.4 Å². The van der Waals surface area contributed by atoms with Gasteiger partial charge in [0.15, 0.2) is 0 Å². The lowest BCUT2D eigenvalue weighted by Gasteiger charge is -2.28. The van der Waals surface area contributed by atoms with Crippen LogP contribution in [0.2, 0.25) is 0 Å². The first-order valence-corrected chi connectivity index (χ1v) is 11.2. The summed E-state index contributed by atoms with van der Waals surface area (Å²) in [6, 6.07) is 9.62. The van der Waals surface area contributed by atoms with Gasteiger partial charge in [0.1, 0.15) is 17.8 Å². The van der Waals surface area contributed by atoms with Crippen molar-refractivity contribution in [1.82, 2.24) is 5.06 Å². The smallest absolute Gasteiger partial charge is 0.424 e. The van der Waals surface area contributed by atoms with Crippen molar-refractivity contribution in [3.8, 4) is 0 Å². The van der Waals surface area contributed by atoms with Crippen molar-refractivity contribution in [1.29, 1.82) is 0 Å². The predicted octanol–water partition coefficient (Wildman–Crippen LogP) is 5.00. The summed E-state index contributed by atoms with van der Waals surface area (Å²) in [6.07, 6.45) is -2.18. The van der Waals surface area contributed by atoms with Gasteiger partial charge in [0.2, 0.25) is 0 Å². The number of nitro groups is 1. The van der Waals surface area contributed by atoms with Gasteiger partial charge in [-0.25, -0.2) is 9.59 Å². The Bertz CT molecular complexity index is 1210. The van der Waals surface area contributed by atoms with Crippen LogP contribution in [-0.4, -0.2) is 45.2 Å². The van der Waals surface area contributed by atoms with Crippen molar-refractivity contribution in [2.75, 3.05) is 4.90 Å². The maximum absolute atomic E-state index is 12.9. The molecule has 0 radical (unpaired) electrons. The van der Waals surface area contributed by atoms with E-state index in [1.54, 1.807) is 53.7 Å². The van der Waals surface area contributed by atoms with Gasteiger partial charge in [0, 0.05) is 6.07 Å². The molecule has 2 aromatic carbocycles. The fourth-order valence-corrected chi connectivity index (χ4v) is 3.30. The minimum atomic E-state index is -1.09. The second-order valence-electron chi connectivity index (χ2n) is 10.1. The Hall–Kier alpha value is -4.32. The number of benzene rings is 2. The molecule has 1 aliphatic heterocycles. The van der Waals surface area contributed by atoms with Crippen LogP contribution >= 0.6 is 0 Å². The molecular weight excluding hydrogens is 486 g/mol. The lowest BCUT2D eigenvalue weighted by Crippen LogP contribution is -2.43. The van der Waals surface area contributed by atoms with Gasteiger partial charge < -0.3 is 9.47 Å². The van der Waals surface area contributed by atoms with E-state index in [9.17, 15) is 29.3 Å². The highest BCUT2D eigenvalue weighted by atomic mass is 16.7.